The first kappa shape index (κ1) is 17.7. The molecule has 0 aliphatic heterocycles. The highest BCUT2D eigenvalue weighted by molar-refractivity contribution is 5.94. The van der Waals surface area contributed by atoms with Crippen LogP contribution in [0.5, 0.6) is 0 Å². The number of aromatic nitrogens is 2. The summed E-state index contributed by atoms with van der Waals surface area (Å²) in [5.74, 6) is -2.00. The smallest absolute Gasteiger partial charge is 0.258 e. The minimum atomic E-state index is -0.930. The van der Waals surface area contributed by atoms with Gasteiger partial charge in [0.25, 0.3) is 11.5 Å². The lowest BCUT2D eigenvalue weighted by atomic mass is 10.1. The van der Waals surface area contributed by atoms with Crippen LogP contribution in [-0.2, 0) is 6.54 Å². The van der Waals surface area contributed by atoms with Crippen LogP contribution in [0.4, 0.5) is 8.78 Å². The third-order valence-corrected chi connectivity index (χ3v) is 4.03. The lowest BCUT2D eigenvalue weighted by molar-refractivity contribution is 0.0680. The average Bonchev–Trinajstić information content (AvgIpc) is 2.59. The molecule has 1 N–H and O–H groups in total. The van der Waals surface area contributed by atoms with E-state index in [1.165, 1.54) is 4.90 Å². The van der Waals surface area contributed by atoms with Crippen LogP contribution in [-0.4, -0.2) is 26.8 Å². The van der Waals surface area contributed by atoms with Crippen molar-refractivity contribution in [2.24, 2.45) is 0 Å². The number of aromatic amines is 1. The molecule has 134 valence electrons. The Morgan fingerprint density at radius 1 is 1.19 bits per heavy atom. The van der Waals surface area contributed by atoms with Crippen molar-refractivity contribution in [1.82, 2.24) is 14.9 Å². The first-order valence-corrected chi connectivity index (χ1v) is 8.11. The van der Waals surface area contributed by atoms with Crippen molar-refractivity contribution in [3.8, 4) is 0 Å². The molecule has 0 saturated carbocycles. The van der Waals surface area contributed by atoms with Gasteiger partial charge >= 0.3 is 0 Å². The van der Waals surface area contributed by atoms with Crippen LogP contribution >= 0.6 is 0 Å². The number of carbonyl (C=O) groups excluding carboxylic acids is 1. The van der Waals surface area contributed by atoms with Crippen molar-refractivity contribution in [3.05, 3.63) is 75.8 Å². The molecule has 1 heterocycles. The number of H-pyrrole nitrogens is 1. The monoisotopic (exact) mass is 357 g/mol. The third kappa shape index (κ3) is 3.46. The summed E-state index contributed by atoms with van der Waals surface area (Å²) in [6, 6.07) is 9.38. The fourth-order valence-electron chi connectivity index (χ4n) is 2.68. The molecule has 0 radical (unpaired) electrons. The molecule has 1 amide bonds. The molecule has 0 saturated heterocycles. The predicted molar refractivity (Wildman–Crippen MR) is 93.7 cm³/mol. The number of para-hydroxylation sites is 1. The Hall–Kier alpha value is -3.09. The second kappa shape index (κ2) is 7.03. The van der Waals surface area contributed by atoms with Crippen molar-refractivity contribution >= 4 is 16.8 Å². The molecule has 0 unspecified atom stereocenters. The Morgan fingerprint density at radius 2 is 1.92 bits per heavy atom. The van der Waals surface area contributed by atoms with Crippen LogP contribution in [0.25, 0.3) is 10.9 Å². The van der Waals surface area contributed by atoms with Gasteiger partial charge in [-0.2, -0.15) is 0 Å². The van der Waals surface area contributed by atoms with E-state index in [0.29, 0.717) is 22.8 Å². The van der Waals surface area contributed by atoms with Crippen LogP contribution in [0.1, 0.15) is 30.0 Å². The number of hydrogen-bond donors (Lipinski definition) is 1. The summed E-state index contributed by atoms with van der Waals surface area (Å²) in [6.07, 6.45) is 0. The van der Waals surface area contributed by atoms with Gasteiger partial charge < -0.3 is 9.88 Å². The Balaban J connectivity index is 1.96. The molecular weight excluding hydrogens is 340 g/mol. The van der Waals surface area contributed by atoms with E-state index in [4.69, 9.17) is 0 Å². The molecule has 0 aliphatic rings. The van der Waals surface area contributed by atoms with E-state index in [1.54, 1.807) is 38.1 Å². The fraction of sp³-hybridized carbons (Fsp3) is 0.211. The summed E-state index contributed by atoms with van der Waals surface area (Å²) in [7, 11) is 0. The molecule has 0 atom stereocenters. The van der Waals surface area contributed by atoms with E-state index in [1.807, 2.05) is 0 Å². The molecule has 3 aromatic rings. The molecule has 26 heavy (non-hydrogen) atoms. The number of hydrogen-bond acceptors (Lipinski definition) is 3. The predicted octanol–water partition coefficient (Wildman–Crippen LogP) is 3.25. The molecule has 0 bridgehead atoms. The normalized spacial score (nSPS) is 11.1. The van der Waals surface area contributed by atoms with Crippen molar-refractivity contribution in [2.75, 3.05) is 0 Å². The van der Waals surface area contributed by atoms with Crippen molar-refractivity contribution in [3.63, 3.8) is 0 Å². The fourth-order valence-corrected chi connectivity index (χ4v) is 2.68. The highest BCUT2D eigenvalue weighted by Gasteiger charge is 2.23. The minimum absolute atomic E-state index is 0.00656. The van der Waals surface area contributed by atoms with Gasteiger partial charge in [-0.05, 0) is 38.1 Å². The van der Waals surface area contributed by atoms with E-state index in [-0.39, 0.29) is 23.7 Å². The standard InChI is InChI=1S/C19H17F2N3O2/c1-11(2)24(19(26)13-8-7-12(20)9-15(13)21)10-17-22-16-6-4-3-5-14(16)18(25)23-17/h3-9,11H,10H2,1-2H3,(H,22,23,25). The summed E-state index contributed by atoms with van der Waals surface area (Å²) in [5, 5.41) is 0.447. The van der Waals surface area contributed by atoms with Gasteiger partial charge in [0.2, 0.25) is 0 Å². The number of nitrogens with zero attached hydrogens (tertiary/aromatic N) is 2. The Morgan fingerprint density at radius 3 is 2.62 bits per heavy atom. The first-order chi connectivity index (χ1) is 12.4. The van der Waals surface area contributed by atoms with Gasteiger partial charge in [0, 0.05) is 12.1 Å². The largest absolute Gasteiger partial charge is 0.329 e. The van der Waals surface area contributed by atoms with E-state index in [9.17, 15) is 18.4 Å². The van der Waals surface area contributed by atoms with Crippen molar-refractivity contribution < 1.29 is 13.6 Å². The number of benzene rings is 2. The number of amides is 1. The van der Waals surface area contributed by atoms with E-state index >= 15 is 0 Å². The summed E-state index contributed by atoms with van der Waals surface area (Å²) in [4.78, 5) is 33.3. The van der Waals surface area contributed by atoms with Crippen LogP contribution < -0.4 is 5.56 Å². The number of halogens is 2. The average molecular weight is 357 g/mol. The lowest BCUT2D eigenvalue weighted by Crippen LogP contribution is -2.38. The zero-order chi connectivity index (χ0) is 18.8. The Labute approximate surface area is 148 Å². The van der Waals surface area contributed by atoms with Gasteiger partial charge in [0.1, 0.15) is 17.5 Å². The molecule has 0 spiro atoms. The van der Waals surface area contributed by atoms with Gasteiger partial charge in [-0.1, -0.05) is 12.1 Å². The number of nitrogens with one attached hydrogen (secondary N) is 1. The summed E-state index contributed by atoms with van der Waals surface area (Å²) in [5.41, 5.74) is -0.0340. The van der Waals surface area contributed by atoms with Crippen LogP contribution in [0.3, 0.4) is 0 Å². The van der Waals surface area contributed by atoms with Gasteiger partial charge in [0.05, 0.1) is 23.0 Å². The Bertz CT molecular complexity index is 1030. The molecule has 0 fully saturated rings. The van der Waals surface area contributed by atoms with E-state index in [2.05, 4.69) is 9.97 Å². The van der Waals surface area contributed by atoms with Crippen LogP contribution in [0.2, 0.25) is 0 Å². The van der Waals surface area contributed by atoms with Crippen molar-refractivity contribution in [1.29, 1.82) is 0 Å². The molecule has 0 aliphatic carbocycles. The third-order valence-electron chi connectivity index (χ3n) is 4.03. The number of rotatable bonds is 4. The maximum atomic E-state index is 14.0. The van der Waals surface area contributed by atoms with Gasteiger partial charge in [0.15, 0.2) is 0 Å². The molecule has 5 nitrogen and oxygen atoms in total. The summed E-state index contributed by atoms with van der Waals surface area (Å²) < 4.78 is 27.1. The lowest BCUT2D eigenvalue weighted by Gasteiger charge is -2.26. The Kier molecular flexibility index (Phi) is 4.79. The second-order valence-electron chi connectivity index (χ2n) is 6.18. The van der Waals surface area contributed by atoms with Gasteiger partial charge in [-0.15, -0.1) is 0 Å². The van der Waals surface area contributed by atoms with E-state index in [0.717, 1.165) is 12.1 Å². The maximum absolute atomic E-state index is 14.0. The van der Waals surface area contributed by atoms with E-state index < -0.39 is 17.5 Å². The zero-order valence-electron chi connectivity index (χ0n) is 14.3. The van der Waals surface area contributed by atoms with Crippen LogP contribution in [0.15, 0.2) is 47.3 Å². The zero-order valence-corrected chi connectivity index (χ0v) is 14.3. The topological polar surface area (TPSA) is 66.1 Å². The molecule has 1 aromatic heterocycles. The molecule has 2 aromatic carbocycles. The summed E-state index contributed by atoms with van der Waals surface area (Å²) >= 11 is 0. The molecule has 3 rings (SSSR count). The van der Waals surface area contributed by atoms with Gasteiger partial charge in [-0.25, -0.2) is 13.8 Å². The number of carbonyl (C=O) groups is 1. The van der Waals surface area contributed by atoms with Gasteiger partial charge in [-0.3, -0.25) is 9.59 Å². The SMILES string of the molecule is CC(C)N(Cc1nc2ccccc2c(=O)[nH]1)C(=O)c1ccc(F)cc1F. The molecule has 7 heteroatoms. The first-order valence-electron chi connectivity index (χ1n) is 8.11. The highest BCUT2D eigenvalue weighted by atomic mass is 19.1. The second-order valence-corrected chi connectivity index (χ2v) is 6.18. The van der Waals surface area contributed by atoms with Crippen LogP contribution in [0, 0.1) is 11.6 Å². The number of fused-ring (bicyclic) bond motifs is 1. The quantitative estimate of drug-likeness (QED) is 0.779. The molecular formula is C19H17F2N3O2. The minimum Gasteiger partial charge on any atom is -0.329 e. The maximum Gasteiger partial charge on any atom is 0.258 e. The summed E-state index contributed by atoms with van der Waals surface area (Å²) in [6.45, 7) is 3.52. The van der Waals surface area contributed by atoms with Crippen molar-refractivity contribution in [2.45, 2.75) is 26.4 Å². The highest BCUT2D eigenvalue weighted by Crippen LogP contribution is 2.16.